The first-order chi connectivity index (χ1) is 8.85. The lowest BCUT2D eigenvalue weighted by atomic mass is 9.97. The van der Waals surface area contributed by atoms with Crippen molar-refractivity contribution in [3.63, 3.8) is 0 Å². The monoisotopic (exact) mass is 275 g/mol. The van der Waals surface area contributed by atoms with Crippen LogP contribution in [0.15, 0.2) is 35.5 Å². The Hall–Kier alpha value is -2.25. The Labute approximate surface area is 106 Å². The third-order valence-electron chi connectivity index (χ3n) is 2.27. The number of carbonyl (C=O) groups is 1. The molecular formula is C11H12F3N3O2. The number of amides is 1. The van der Waals surface area contributed by atoms with Crippen molar-refractivity contribution in [3.05, 3.63) is 35.9 Å². The molecular weight excluding hydrogens is 263 g/mol. The molecule has 0 saturated carbocycles. The smallest absolute Gasteiger partial charge is 0.405 e. The Morgan fingerprint density at radius 2 is 1.95 bits per heavy atom. The van der Waals surface area contributed by atoms with Crippen LogP contribution in [-0.2, 0) is 4.79 Å². The summed E-state index contributed by atoms with van der Waals surface area (Å²) < 4.78 is 36.1. The molecule has 1 unspecified atom stereocenters. The first kappa shape index (κ1) is 14.8. The van der Waals surface area contributed by atoms with E-state index in [1.807, 2.05) is 0 Å². The molecule has 19 heavy (non-hydrogen) atoms. The highest BCUT2D eigenvalue weighted by Gasteiger charge is 2.31. The lowest BCUT2D eigenvalue weighted by molar-refractivity contribution is -0.138. The molecule has 1 aromatic rings. The summed E-state index contributed by atoms with van der Waals surface area (Å²) in [5.41, 5.74) is 5.68. The molecule has 0 radical (unpaired) electrons. The third kappa shape index (κ3) is 4.49. The first-order valence-electron chi connectivity index (χ1n) is 5.22. The molecule has 0 aliphatic rings. The molecule has 0 aromatic heterocycles. The predicted octanol–water partition coefficient (Wildman–Crippen LogP) is 1.20. The highest BCUT2D eigenvalue weighted by atomic mass is 19.4. The first-order valence-corrected chi connectivity index (χ1v) is 5.22. The average Bonchev–Trinajstić information content (AvgIpc) is 2.37. The molecule has 5 nitrogen and oxygen atoms in total. The lowest BCUT2D eigenvalue weighted by Crippen LogP contribution is -2.41. The molecule has 0 spiro atoms. The van der Waals surface area contributed by atoms with Gasteiger partial charge in [-0.2, -0.15) is 13.2 Å². The van der Waals surface area contributed by atoms with Crippen LogP contribution in [0.2, 0.25) is 0 Å². The second kappa shape index (κ2) is 6.07. The van der Waals surface area contributed by atoms with Crippen LogP contribution >= 0.6 is 0 Å². The van der Waals surface area contributed by atoms with Gasteiger partial charge in [0.05, 0.1) is 0 Å². The van der Waals surface area contributed by atoms with E-state index in [4.69, 9.17) is 10.9 Å². The van der Waals surface area contributed by atoms with Crippen LogP contribution in [-0.4, -0.2) is 29.7 Å². The number of benzene rings is 1. The fourth-order valence-electron chi connectivity index (χ4n) is 1.45. The van der Waals surface area contributed by atoms with Crippen LogP contribution in [0.25, 0.3) is 0 Å². The summed E-state index contributed by atoms with van der Waals surface area (Å²) in [6.45, 7) is -1.48. The standard InChI is InChI=1S/C11H12F3N3O2/c12-11(13,14)6-16-10(18)8(9(15)17-19)7-4-2-1-3-5-7/h1-5,8,19H,6H2,(H2,15,17)(H,16,18). The third-order valence-corrected chi connectivity index (χ3v) is 2.27. The van der Waals surface area contributed by atoms with Crippen molar-refractivity contribution in [2.24, 2.45) is 10.9 Å². The zero-order valence-electron chi connectivity index (χ0n) is 9.69. The molecule has 8 heteroatoms. The van der Waals surface area contributed by atoms with Crippen molar-refractivity contribution >= 4 is 11.7 Å². The quantitative estimate of drug-likeness (QED) is 0.334. The Balaban J connectivity index is 2.90. The highest BCUT2D eigenvalue weighted by molar-refractivity contribution is 6.07. The van der Waals surface area contributed by atoms with E-state index < -0.39 is 30.4 Å². The second-order valence-electron chi connectivity index (χ2n) is 3.70. The fraction of sp³-hybridized carbons (Fsp3) is 0.273. The van der Waals surface area contributed by atoms with Crippen molar-refractivity contribution < 1.29 is 23.2 Å². The summed E-state index contributed by atoms with van der Waals surface area (Å²) in [5, 5.41) is 13.0. The number of carbonyl (C=O) groups excluding carboxylic acids is 1. The zero-order chi connectivity index (χ0) is 14.5. The van der Waals surface area contributed by atoms with Gasteiger partial charge in [-0.3, -0.25) is 4.79 Å². The van der Waals surface area contributed by atoms with Crippen molar-refractivity contribution in [3.8, 4) is 0 Å². The van der Waals surface area contributed by atoms with E-state index in [1.54, 1.807) is 23.5 Å². The molecule has 1 amide bonds. The highest BCUT2D eigenvalue weighted by Crippen LogP contribution is 2.17. The maximum absolute atomic E-state index is 12.0. The van der Waals surface area contributed by atoms with Crippen LogP contribution in [0, 0.1) is 0 Å². The Morgan fingerprint density at radius 3 is 2.42 bits per heavy atom. The number of hydrogen-bond acceptors (Lipinski definition) is 3. The molecule has 0 aliphatic heterocycles. The maximum atomic E-state index is 12.0. The SMILES string of the molecule is NC(=NO)C(C(=O)NCC(F)(F)F)c1ccccc1. The van der Waals surface area contributed by atoms with E-state index in [0.717, 1.165) is 0 Å². The number of hydrogen-bond donors (Lipinski definition) is 3. The van der Waals surface area contributed by atoms with Gasteiger partial charge in [-0.1, -0.05) is 35.5 Å². The minimum Gasteiger partial charge on any atom is -0.409 e. The van der Waals surface area contributed by atoms with Crippen molar-refractivity contribution in [2.75, 3.05) is 6.54 Å². The Morgan fingerprint density at radius 1 is 1.37 bits per heavy atom. The number of nitrogens with two attached hydrogens (primary N) is 1. The summed E-state index contributed by atoms with van der Waals surface area (Å²) in [4.78, 5) is 11.7. The fourth-order valence-corrected chi connectivity index (χ4v) is 1.45. The summed E-state index contributed by atoms with van der Waals surface area (Å²) >= 11 is 0. The Kier molecular flexibility index (Phi) is 4.74. The van der Waals surface area contributed by atoms with Crippen LogP contribution in [0.3, 0.4) is 0 Å². The van der Waals surface area contributed by atoms with Gasteiger partial charge in [0, 0.05) is 0 Å². The van der Waals surface area contributed by atoms with Crippen LogP contribution in [0.5, 0.6) is 0 Å². The largest absolute Gasteiger partial charge is 0.409 e. The molecule has 0 bridgehead atoms. The van der Waals surface area contributed by atoms with Crippen molar-refractivity contribution in [2.45, 2.75) is 12.1 Å². The number of amidine groups is 1. The van der Waals surface area contributed by atoms with E-state index >= 15 is 0 Å². The van der Waals surface area contributed by atoms with E-state index in [2.05, 4.69) is 5.16 Å². The van der Waals surface area contributed by atoms with E-state index in [-0.39, 0.29) is 0 Å². The van der Waals surface area contributed by atoms with Crippen LogP contribution in [0.4, 0.5) is 13.2 Å². The summed E-state index contributed by atoms with van der Waals surface area (Å²) in [6.07, 6.45) is -4.53. The van der Waals surface area contributed by atoms with Crippen LogP contribution in [0.1, 0.15) is 11.5 Å². The lowest BCUT2D eigenvalue weighted by Gasteiger charge is -2.16. The van der Waals surface area contributed by atoms with E-state index in [0.29, 0.717) is 5.56 Å². The molecule has 4 N–H and O–H groups in total. The normalized spacial score (nSPS) is 13.9. The predicted molar refractivity (Wildman–Crippen MR) is 61.7 cm³/mol. The Bertz CT molecular complexity index is 460. The van der Waals surface area contributed by atoms with Gasteiger partial charge < -0.3 is 16.3 Å². The van der Waals surface area contributed by atoms with E-state index in [1.165, 1.54) is 12.1 Å². The summed E-state index contributed by atoms with van der Waals surface area (Å²) in [7, 11) is 0. The minimum absolute atomic E-state index is 0.331. The number of nitrogens with one attached hydrogen (secondary N) is 1. The van der Waals surface area contributed by atoms with Crippen LogP contribution < -0.4 is 11.1 Å². The molecule has 1 aromatic carbocycles. The molecule has 1 rings (SSSR count). The van der Waals surface area contributed by atoms with Gasteiger partial charge in [0.2, 0.25) is 5.91 Å². The van der Waals surface area contributed by atoms with Gasteiger partial charge in [-0.05, 0) is 5.56 Å². The molecule has 0 aliphatic carbocycles. The zero-order valence-corrected chi connectivity index (χ0v) is 9.69. The number of rotatable bonds is 4. The van der Waals surface area contributed by atoms with Crippen molar-refractivity contribution in [1.82, 2.24) is 5.32 Å². The van der Waals surface area contributed by atoms with Gasteiger partial charge in [-0.25, -0.2) is 0 Å². The molecule has 0 saturated heterocycles. The molecule has 104 valence electrons. The van der Waals surface area contributed by atoms with Gasteiger partial charge in [0.1, 0.15) is 12.5 Å². The minimum atomic E-state index is -4.53. The maximum Gasteiger partial charge on any atom is 0.405 e. The number of oxime groups is 1. The topological polar surface area (TPSA) is 87.7 Å². The van der Waals surface area contributed by atoms with Gasteiger partial charge in [0.25, 0.3) is 0 Å². The summed E-state index contributed by atoms with van der Waals surface area (Å²) in [6, 6.07) is 7.83. The number of alkyl halides is 3. The molecule has 0 fully saturated rings. The van der Waals surface area contributed by atoms with Gasteiger partial charge in [-0.15, -0.1) is 0 Å². The second-order valence-corrected chi connectivity index (χ2v) is 3.70. The molecule has 1 atom stereocenters. The van der Waals surface area contributed by atoms with Gasteiger partial charge in [0.15, 0.2) is 5.84 Å². The van der Waals surface area contributed by atoms with E-state index in [9.17, 15) is 18.0 Å². The average molecular weight is 275 g/mol. The summed E-state index contributed by atoms with van der Waals surface area (Å²) in [5.74, 6) is -2.74. The van der Waals surface area contributed by atoms with Crippen molar-refractivity contribution in [1.29, 1.82) is 0 Å². The number of halogens is 3. The van der Waals surface area contributed by atoms with Gasteiger partial charge >= 0.3 is 6.18 Å². The number of nitrogens with zero attached hydrogens (tertiary/aromatic N) is 1. The molecule has 0 heterocycles.